The minimum absolute atomic E-state index is 0.127. The molecule has 190 valence electrons. The van der Waals surface area contributed by atoms with Gasteiger partial charge in [-0.1, -0.05) is 12.1 Å². The summed E-state index contributed by atoms with van der Waals surface area (Å²) in [5.41, 5.74) is 1.30. The number of hydrogen-bond donors (Lipinski definition) is 0. The third-order valence-electron chi connectivity index (χ3n) is 9.60. The van der Waals surface area contributed by atoms with E-state index in [1.807, 2.05) is 4.90 Å². The van der Waals surface area contributed by atoms with Gasteiger partial charge in [0.2, 0.25) is 11.8 Å². The minimum atomic E-state index is -0.218. The molecule has 0 aromatic heterocycles. The summed E-state index contributed by atoms with van der Waals surface area (Å²) >= 11 is 0. The number of ether oxygens (including phenoxy) is 2. The van der Waals surface area contributed by atoms with Crippen LogP contribution in [0.3, 0.4) is 0 Å². The molecule has 1 aromatic carbocycles. The van der Waals surface area contributed by atoms with E-state index >= 15 is 0 Å². The third kappa shape index (κ3) is 4.25. The fourth-order valence-electron chi connectivity index (χ4n) is 8.34. The van der Waals surface area contributed by atoms with Gasteiger partial charge in [-0.3, -0.25) is 14.5 Å². The summed E-state index contributed by atoms with van der Waals surface area (Å²) in [5.74, 6) is 2.75. The molecule has 7 heteroatoms. The van der Waals surface area contributed by atoms with Gasteiger partial charge in [0.05, 0.1) is 32.3 Å². The van der Waals surface area contributed by atoms with Gasteiger partial charge in [0.25, 0.3) is 0 Å². The molecule has 2 heterocycles. The molecule has 1 aromatic rings. The Hall–Kier alpha value is -2.12. The SMILES string of the molecule is COc1ccc(C23CC4CC(CC(C(=O)N5CCN(C(=O)CN6CCOCC6)CC5)(C4)C2)C3)cc1. The van der Waals surface area contributed by atoms with Crippen LogP contribution in [0.1, 0.15) is 44.1 Å². The molecule has 35 heavy (non-hydrogen) atoms. The molecule has 4 saturated carbocycles. The number of carbonyl (C=O) groups excluding carboxylic acids is 2. The van der Waals surface area contributed by atoms with E-state index in [2.05, 4.69) is 34.1 Å². The van der Waals surface area contributed by atoms with Gasteiger partial charge in [-0.25, -0.2) is 0 Å². The number of nitrogens with zero attached hydrogens (tertiary/aromatic N) is 3. The molecule has 6 aliphatic rings. The Bertz CT molecular complexity index is 935. The van der Waals surface area contributed by atoms with Gasteiger partial charge >= 0.3 is 0 Å². The van der Waals surface area contributed by atoms with Crippen LogP contribution >= 0.6 is 0 Å². The second-order valence-corrected chi connectivity index (χ2v) is 11.8. The lowest BCUT2D eigenvalue weighted by atomic mass is 9.42. The summed E-state index contributed by atoms with van der Waals surface area (Å²) in [6.07, 6.45) is 6.81. The highest BCUT2D eigenvalue weighted by molar-refractivity contribution is 5.84. The van der Waals surface area contributed by atoms with Crippen molar-refractivity contribution in [3.8, 4) is 5.75 Å². The minimum Gasteiger partial charge on any atom is -0.497 e. The first-order valence-corrected chi connectivity index (χ1v) is 13.5. The number of hydrogen-bond acceptors (Lipinski definition) is 5. The van der Waals surface area contributed by atoms with Crippen LogP contribution in [-0.4, -0.2) is 92.7 Å². The summed E-state index contributed by atoms with van der Waals surface area (Å²) in [5, 5.41) is 0. The maximum Gasteiger partial charge on any atom is 0.236 e. The molecule has 6 fully saturated rings. The number of carbonyl (C=O) groups is 2. The average molecular weight is 482 g/mol. The highest BCUT2D eigenvalue weighted by Gasteiger charge is 2.61. The lowest BCUT2D eigenvalue weighted by Crippen LogP contribution is -2.62. The van der Waals surface area contributed by atoms with Gasteiger partial charge in [0.1, 0.15) is 5.75 Å². The Kier molecular flexibility index (Phi) is 6.04. The first-order valence-electron chi connectivity index (χ1n) is 13.5. The predicted octanol–water partition coefficient (Wildman–Crippen LogP) is 2.54. The molecule has 7 nitrogen and oxygen atoms in total. The zero-order valence-electron chi connectivity index (χ0n) is 21.0. The molecule has 0 N–H and O–H groups in total. The number of piperazine rings is 1. The van der Waals surface area contributed by atoms with Crippen LogP contribution in [0.4, 0.5) is 0 Å². The maximum absolute atomic E-state index is 14.1. The molecule has 0 radical (unpaired) electrons. The van der Waals surface area contributed by atoms with Crippen molar-refractivity contribution in [2.45, 2.75) is 43.9 Å². The maximum atomic E-state index is 14.1. The zero-order valence-corrected chi connectivity index (χ0v) is 21.0. The van der Waals surface area contributed by atoms with Crippen molar-refractivity contribution in [3.63, 3.8) is 0 Å². The van der Waals surface area contributed by atoms with Crippen LogP contribution < -0.4 is 4.74 Å². The quantitative estimate of drug-likeness (QED) is 0.647. The summed E-state index contributed by atoms with van der Waals surface area (Å²) in [6.45, 7) is 6.17. The normalized spacial score (nSPS) is 34.8. The largest absolute Gasteiger partial charge is 0.497 e. The van der Waals surface area contributed by atoms with Crippen LogP contribution in [-0.2, 0) is 19.7 Å². The van der Waals surface area contributed by atoms with Crippen LogP contribution in [0.5, 0.6) is 5.75 Å². The van der Waals surface area contributed by atoms with Crippen LogP contribution in [0.2, 0.25) is 0 Å². The van der Waals surface area contributed by atoms with Crippen molar-refractivity contribution in [3.05, 3.63) is 29.8 Å². The van der Waals surface area contributed by atoms with E-state index in [0.717, 1.165) is 38.1 Å². The summed E-state index contributed by atoms with van der Waals surface area (Å²) < 4.78 is 10.8. The highest BCUT2D eigenvalue weighted by Crippen LogP contribution is 2.66. The van der Waals surface area contributed by atoms with E-state index < -0.39 is 0 Å². The Morgan fingerprint density at radius 3 is 2.17 bits per heavy atom. The second-order valence-electron chi connectivity index (χ2n) is 11.8. The van der Waals surface area contributed by atoms with E-state index in [9.17, 15) is 9.59 Å². The van der Waals surface area contributed by atoms with E-state index in [4.69, 9.17) is 9.47 Å². The van der Waals surface area contributed by atoms with E-state index in [0.29, 0.717) is 63.7 Å². The molecule has 2 saturated heterocycles. The first kappa shape index (κ1) is 23.3. The van der Waals surface area contributed by atoms with E-state index in [1.165, 1.54) is 24.8 Å². The summed E-state index contributed by atoms with van der Waals surface area (Å²) in [4.78, 5) is 33.2. The molecule has 2 aliphatic heterocycles. The standard InChI is InChI=1S/C28H39N3O4/c1-34-24-4-2-23(3-5-24)27-15-21-14-22(16-27)18-28(17-21,20-27)26(33)31-8-6-30(7-9-31)25(32)19-29-10-12-35-13-11-29/h2-5,21-22H,6-20H2,1H3. The Labute approximate surface area is 208 Å². The van der Waals surface area contributed by atoms with Crippen LogP contribution in [0.15, 0.2) is 24.3 Å². The van der Waals surface area contributed by atoms with Crippen LogP contribution in [0, 0.1) is 17.3 Å². The van der Waals surface area contributed by atoms with E-state index in [1.54, 1.807) is 7.11 Å². The van der Waals surface area contributed by atoms with Crippen molar-refractivity contribution in [1.29, 1.82) is 0 Å². The second kappa shape index (κ2) is 9.07. The fraction of sp³-hybridized carbons (Fsp3) is 0.714. The number of methoxy groups -OCH3 is 1. The molecule has 4 aliphatic carbocycles. The van der Waals surface area contributed by atoms with Gasteiger partial charge in [0, 0.05) is 39.3 Å². The van der Waals surface area contributed by atoms with Crippen molar-refractivity contribution >= 4 is 11.8 Å². The van der Waals surface area contributed by atoms with Gasteiger partial charge in [-0.2, -0.15) is 0 Å². The molecule has 2 atom stereocenters. The summed E-state index contributed by atoms with van der Waals surface area (Å²) in [7, 11) is 1.71. The molecular formula is C28H39N3O4. The Morgan fingerprint density at radius 1 is 0.914 bits per heavy atom. The van der Waals surface area contributed by atoms with Crippen LogP contribution in [0.25, 0.3) is 0 Å². The van der Waals surface area contributed by atoms with Gasteiger partial charge in [-0.15, -0.1) is 0 Å². The molecular weight excluding hydrogens is 442 g/mol. The van der Waals surface area contributed by atoms with Crippen molar-refractivity contribution < 1.29 is 19.1 Å². The zero-order chi connectivity index (χ0) is 24.0. The lowest BCUT2D eigenvalue weighted by molar-refractivity contribution is -0.163. The number of rotatable bonds is 5. The molecule has 2 unspecified atom stereocenters. The predicted molar refractivity (Wildman–Crippen MR) is 132 cm³/mol. The van der Waals surface area contributed by atoms with Crippen molar-refractivity contribution in [2.75, 3.05) is 66.1 Å². The van der Waals surface area contributed by atoms with Crippen molar-refractivity contribution in [2.24, 2.45) is 17.3 Å². The lowest BCUT2D eigenvalue weighted by Gasteiger charge is -2.62. The first-order chi connectivity index (χ1) is 17.0. The smallest absolute Gasteiger partial charge is 0.236 e. The average Bonchev–Trinajstić information content (AvgIpc) is 2.88. The van der Waals surface area contributed by atoms with Gasteiger partial charge in [-0.05, 0) is 73.5 Å². The Balaban J connectivity index is 1.13. The topological polar surface area (TPSA) is 62.3 Å². The number of amides is 2. The third-order valence-corrected chi connectivity index (χ3v) is 9.60. The molecule has 0 spiro atoms. The summed E-state index contributed by atoms with van der Waals surface area (Å²) in [6, 6.07) is 8.64. The van der Waals surface area contributed by atoms with Gasteiger partial charge < -0.3 is 19.3 Å². The van der Waals surface area contributed by atoms with Gasteiger partial charge in [0.15, 0.2) is 0 Å². The Morgan fingerprint density at radius 2 is 1.54 bits per heavy atom. The molecule has 7 rings (SSSR count). The molecule has 4 bridgehead atoms. The monoisotopic (exact) mass is 481 g/mol. The van der Waals surface area contributed by atoms with E-state index in [-0.39, 0.29) is 16.7 Å². The fourth-order valence-corrected chi connectivity index (χ4v) is 8.34. The van der Waals surface area contributed by atoms with Crippen molar-refractivity contribution in [1.82, 2.24) is 14.7 Å². The number of morpholine rings is 1. The number of benzene rings is 1. The molecule has 2 amide bonds. The highest BCUT2D eigenvalue weighted by atomic mass is 16.5.